The van der Waals surface area contributed by atoms with E-state index in [0.29, 0.717) is 0 Å². The zero-order valence-electron chi connectivity index (χ0n) is 13.8. The minimum atomic E-state index is 0.133. The Morgan fingerprint density at radius 3 is 2.88 bits per heavy atom. The molecule has 1 aromatic heterocycles. The lowest BCUT2D eigenvalue weighted by atomic mass is 10.0. The molecule has 1 atom stereocenters. The molecule has 0 radical (unpaired) electrons. The second-order valence-corrected chi connectivity index (χ2v) is 6.57. The minimum absolute atomic E-state index is 0.133. The van der Waals surface area contributed by atoms with Crippen molar-refractivity contribution in [1.82, 2.24) is 9.88 Å². The molecule has 2 aliphatic heterocycles. The summed E-state index contributed by atoms with van der Waals surface area (Å²) in [5, 5.41) is 0. The van der Waals surface area contributed by atoms with E-state index in [1.807, 2.05) is 42.7 Å². The van der Waals surface area contributed by atoms with E-state index >= 15 is 0 Å². The maximum absolute atomic E-state index is 13.2. The van der Waals surface area contributed by atoms with Crippen molar-refractivity contribution in [2.24, 2.45) is 0 Å². The van der Waals surface area contributed by atoms with Gasteiger partial charge in [-0.05, 0) is 54.3 Å². The number of pyridine rings is 1. The van der Waals surface area contributed by atoms with Crippen LogP contribution in [0.4, 0.5) is 0 Å². The summed E-state index contributed by atoms with van der Waals surface area (Å²) >= 11 is 0. The SMILES string of the molecule is O=C(c1ccc2c(c1)CCO2)N1CCCCC[C@H]1c1ccncc1. The van der Waals surface area contributed by atoms with Crippen molar-refractivity contribution >= 4 is 5.91 Å². The zero-order chi connectivity index (χ0) is 16.4. The average molecular weight is 322 g/mol. The number of fused-ring (bicyclic) bond motifs is 1. The number of rotatable bonds is 2. The summed E-state index contributed by atoms with van der Waals surface area (Å²) < 4.78 is 5.56. The van der Waals surface area contributed by atoms with E-state index in [1.54, 1.807) is 0 Å². The van der Waals surface area contributed by atoms with Gasteiger partial charge in [0.1, 0.15) is 5.75 Å². The molecule has 1 fully saturated rings. The van der Waals surface area contributed by atoms with Crippen LogP contribution in [0.3, 0.4) is 0 Å². The van der Waals surface area contributed by atoms with Gasteiger partial charge in [0.2, 0.25) is 0 Å². The quantitative estimate of drug-likeness (QED) is 0.845. The van der Waals surface area contributed by atoms with E-state index in [9.17, 15) is 4.79 Å². The Morgan fingerprint density at radius 1 is 1.12 bits per heavy atom. The normalized spacial score (nSPS) is 20.2. The Hall–Kier alpha value is -2.36. The van der Waals surface area contributed by atoms with Gasteiger partial charge in [0, 0.05) is 30.9 Å². The van der Waals surface area contributed by atoms with Crippen LogP contribution < -0.4 is 4.74 Å². The van der Waals surface area contributed by atoms with Gasteiger partial charge in [0.25, 0.3) is 5.91 Å². The summed E-state index contributed by atoms with van der Waals surface area (Å²) in [4.78, 5) is 19.4. The van der Waals surface area contributed by atoms with Crippen molar-refractivity contribution in [1.29, 1.82) is 0 Å². The molecule has 0 N–H and O–H groups in total. The second-order valence-electron chi connectivity index (χ2n) is 6.57. The fraction of sp³-hybridized carbons (Fsp3) is 0.400. The molecule has 4 heteroatoms. The van der Waals surface area contributed by atoms with Crippen LogP contribution in [0.15, 0.2) is 42.7 Å². The number of likely N-dealkylation sites (tertiary alicyclic amines) is 1. The first-order valence-electron chi connectivity index (χ1n) is 8.79. The predicted octanol–water partition coefficient (Wildman–Crippen LogP) is 3.77. The molecule has 0 unspecified atom stereocenters. The van der Waals surface area contributed by atoms with Crippen LogP contribution in [0.25, 0.3) is 0 Å². The van der Waals surface area contributed by atoms with E-state index < -0.39 is 0 Å². The average Bonchev–Trinajstić information content (AvgIpc) is 2.96. The largest absolute Gasteiger partial charge is 0.493 e. The third-order valence-electron chi connectivity index (χ3n) is 5.04. The first-order valence-corrected chi connectivity index (χ1v) is 8.79. The standard InChI is InChI=1S/C20H22N2O2/c23-20(17-5-6-19-16(14-17)9-13-24-19)22-12-3-1-2-4-18(22)15-7-10-21-11-8-15/h5-8,10-11,14,18H,1-4,9,12-13H2/t18-/m0/s1. The first kappa shape index (κ1) is 15.2. The maximum atomic E-state index is 13.2. The fourth-order valence-corrected chi connectivity index (χ4v) is 3.77. The molecule has 2 aliphatic rings. The summed E-state index contributed by atoms with van der Waals surface area (Å²) in [6, 6.07) is 10.1. The lowest BCUT2D eigenvalue weighted by Crippen LogP contribution is -2.34. The zero-order valence-corrected chi connectivity index (χ0v) is 13.8. The van der Waals surface area contributed by atoms with Gasteiger partial charge in [0.05, 0.1) is 12.6 Å². The smallest absolute Gasteiger partial charge is 0.254 e. The van der Waals surface area contributed by atoms with Crippen LogP contribution >= 0.6 is 0 Å². The first-order chi connectivity index (χ1) is 11.8. The molecule has 1 aromatic carbocycles. The van der Waals surface area contributed by atoms with Crippen LogP contribution in [-0.2, 0) is 6.42 Å². The van der Waals surface area contributed by atoms with Gasteiger partial charge in [-0.25, -0.2) is 0 Å². The van der Waals surface area contributed by atoms with Crippen LogP contribution in [0.2, 0.25) is 0 Å². The van der Waals surface area contributed by atoms with Crippen molar-refractivity contribution in [2.75, 3.05) is 13.2 Å². The molecule has 2 aromatic rings. The van der Waals surface area contributed by atoms with E-state index in [-0.39, 0.29) is 11.9 Å². The number of carbonyl (C=O) groups excluding carboxylic acids is 1. The minimum Gasteiger partial charge on any atom is -0.493 e. The van der Waals surface area contributed by atoms with Crippen molar-refractivity contribution in [2.45, 2.75) is 38.1 Å². The molecule has 0 aliphatic carbocycles. The van der Waals surface area contributed by atoms with Crippen molar-refractivity contribution in [3.63, 3.8) is 0 Å². The van der Waals surface area contributed by atoms with E-state index in [2.05, 4.69) is 9.88 Å². The number of nitrogens with zero attached hydrogens (tertiary/aromatic N) is 2. The highest BCUT2D eigenvalue weighted by Crippen LogP contribution is 2.32. The van der Waals surface area contributed by atoms with Gasteiger partial charge >= 0.3 is 0 Å². The van der Waals surface area contributed by atoms with E-state index in [1.165, 1.54) is 12.0 Å². The molecule has 3 heterocycles. The molecule has 0 spiro atoms. The number of hydrogen-bond donors (Lipinski definition) is 0. The third-order valence-corrected chi connectivity index (χ3v) is 5.04. The van der Waals surface area contributed by atoms with Crippen LogP contribution in [-0.4, -0.2) is 28.9 Å². The second kappa shape index (κ2) is 6.63. The Bertz CT molecular complexity index is 730. The molecular weight excluding hydrogens is 300 g/mol. The van der Waals surface area contributed by atoms with Gasteiger partial charge in [-0.1, -0.05) is 12.8 Å². The summed E-state index contributed by atoms with van der Waals surface area (Å²) in [6.07, 6.45) is 8.96. The number of amides is 1. The lowest BCUT2D eigenvalue weighted by molar-refractivity contribution is 0.0680. The molecule has 0 saturated carbocycles. The Balaban J connectivity index is 1.65. The highest BCUT2D eigenvalue weighted by Gasteiger charge is 2.28. The van der Waals surface area contributed by atoms with Gasteiger partial charge in [-0.15, -0.1) is 0 Å². The van der Waals surface area contributed by atoms with Gasteiger partial charge < -0.3 is 9.64 Å². The predicted molar refractivity (Wildman–Crippen MR) is 92.1 cm³/mol. The number of aromatic nitrogens is 1. The Morgan fingerprint density at radius 2 is 2.00 bits per heavy atom. The highest BCUT2D eigenvalue weighted by molar-refractivity contribution is 5.95. The summed E-state index contributed by atoms with van der Waals surface area (Å²) in [5.41, 5.74) is 3.11. The number of carbonyl (C=O) groups is 1. The number of benzene rings is 1. The van der Waals surface area contributed by atoms with Crippen molar-refractivity contribution < 1.29 is 9.53 Å². The molecule has 124 valence electrons. The molecule has 0 bridgehead atoms. The molecule has 24 heavy (non-hydrogen) atoms. The van der Waals surface area contributed by atoms with Gasteiger partial charge in [-0.3, -0.25) is 9.78 Å². The van der Waals surface area contributed by atoms with Crippen LogP contribution in [0.5, 0.6) is 5.75 Å². The van der Waals surface area contributed by atoms with E-state index in [4.69, 9.17) is 4.74 Å². The van der Waals surface area contributed by atoms with Crippen LogP contribution in [0, 0.1) is 0 Å². The number of ether oxygens (including phenoxy) is 1. The monoisotopic (exact) mass is 322 g/mol. The molecule has 1 amide bonds. The molecule has 4 rings (SSSR count). The molecule has 4 nitrogen and oxygen atoms in total. The third kappa shape index (κ3) is 2.88. The van der Waals surface area contributed by atoms with Crippen molar-refractivity contribution in [3.8, 4) is 5.75 Å². The number of hydrogen-bond acceptors (Lipinski definition) is 3. The topological polar surface area (TPSA) is 42.4 Å². The summed E-state index contributed by atoms with van der Waals surface area (Å²) in [5.74, 6) is 1.06. The fourth-order valence-electron chi connectivity index (χ4n) is 3.77. The van der Waals surface area contributed by atoms with Crippen LogP contribution in [0.1, 0.15) is 53.2 Å². The summed E-state index contributed by atoms with van der Waals surface area (Å²) in [7, 11) is 0. The summed E-state index contributed by atoms with van der Waals surface area (Å²) in [6.45, 7) is 1.54. The Kier molecular flexibility index (Phi) is 4.20. The molecular formula is C20H22N2O2. The maximum Gasteiger partial charge on any atom is 0.254 e. The van der Waals surface area contributed by atoms with Gasteiger partial charge in [-0.2, -0.15) is 0 Å². The van der Waals surface area contributed by atoms with E-state index in [0.717, 1.165) is 55.7 Å². The van der Waals surface area contributed by atoms with Gasteiger partial charge in [0.15, 0.2) is 0 Å². The Labute approximate surface area is 142 Å². The highest BCUT2D eigenvalue weighted by atomic mass is 16.5. The molecule has 1 saturated heterocycles. The lowest BCUT2D eigenvalue weighted by Gasteiger charge is -2.30. The van der Waals surface area contributed by atoms with Crippen molar-refractivity contribution in [3.05, 3.63) is 59.4 Å².